The zero-order valence-electron chi connectivity index (χ0n) is 27.8. The topological polar surface area (TPSA) is 123 Å². The Kier molecular flexibility index (Phi) is 6.21. The van der Waals surface area contributed by atoms with Gasteiger partial charge in [-0.05, 0) is 84.9 Å². The monoisotopic (exact) mass is 748 g/mol. The molecule has 12 heteroatoms. The van der Waals surface area contributed by atoms with Crippen LogP contribution in [0, 0.1) is 0 Å². The van der Waals surface area contributed by atoms with Crippen molar-refractivity contribution < 1.29 is 35.1 Å². The SMILES string of the molecule is O=S1(=O)c2ccccc2Oc2ccc(-n3c4ccccc4oc4cc5c(cc43)oc3ccccc3n5-c3ccc4c(c3)S(=O)(=O)c3ccccc3O4)cc21. The molecule has 0 amide bonds. The molecule has 2 aliphatic heterocycles. The van der Waals surface area contributed by atoms with Crippen LogP contribution in [-0.4, -0.2) is 26.0 Å². The first kappa shape index (κ1) is 30.8. The maximum absolute atomic E-state index is 13.9. The zero-order valence-corrected chi connectivity index (χ0v) is 29.5. The van der Waals surface area contributed by atoms with E-state index in [1.54, 1.807) is 60.7 Å². The van der Waals surface area contributed by atoms with Crippen LogP contribution < -0.4 is 9.47 Å². The van der Waals surface area contributed by atoms with Gasteiger partial charge in [-0.3, -0.25) is 0 Å². The summed E-state index contributed by atoms with van der Waals surface area (Å²) in [6, 6.07) is 42.0. The van der Waals surface area contributed by atoms with Crippen LogP contribution in [0.5, 0.6) is 23.0 Å². The Balaban J connectivity index is 1.18. The van der Waals surface area contributed by atoms with Gasteiger partial charge in [0.1, 0.15) is 42.6 Å². The molecule has 2 aromatic heterocycles. The quantitative estimate of drug-likeness (QED) is 0.160. The van der Waals surface area contributed by atoms with Crippen molar-refractivity contribution in [3.05, 3.63) is 146 Å². The summed E-state index contributed by atoms with van der Waals surface area (Å²) in [5.74, 6) is 1.03. The summed E-state index contributed by atoms with van der Waals surface area (Å²) < 4.78 is 84.6. The molecule has 0 aliphatic carbocycles. The summed E-state index contributed by atoms with van der Waals surface area (Å²) in [6.45, 7) is 0. The first-order valence-corrected chi connectivity index (χ1v) is 19.9. The second-order valence-electron chi connectivity index (χ2n) is 13.0. The fourth-order valence-electron chi connectivity index (χ4n) is 7.41. The number of aromatic nitrogens is 2. The standard InChI is InChI=1S/C42H24N2O8S2/c45-53(46)39-15-7-5-13-33(39)51-35-19-17-25(21-41(35)53)43-27-9-1-3-11-31(27)49-37-24-30-38(23-29(37)43)50-32-12-4-2-10-28(32)44(30)26-18-20-36-42(22-26)54(47,48)40-16-8-6-14-34(40)52-36/h1-24H. The Bertz CT molecular complexity index is 3160. The van der Waals surface area contributed by atoms with Crippen molar-refractivity contribution in [1.82, 2.24) is 9.13 Å². The van der Waals surface area contributed by atoms with E-state index in [-0.39, 0.29) is 42.6 Å². The third-order valence-corrected chi connectivity index (χ3v) is 13.5. The largest absolute Gasteiger partial charge is 0.455 e. The summed E-state index contributed by atoms with van der Waals surface area (Å²) in [7, 11) is -7.80. The molecule has 9 aromatic rings. The highest BCUT2D eigenvalue weighted by Crippen LogP contribution is 2.45. The van der Waals surface area contributed by atoms with E-state index < -0.39 is 19.7 Å². The third kappa shape index (κ3) is 4.32. The van der Waals surface area contributed by atoms with Gasteiger partial charge in [-0.25, -0.2) is 16.8 Å². The van der Waals surface area contributed by atoms with Crippen molar-refractivity contribution in [3.63, 3.8) is 0 Å². The molecule has 0 N–H and O–H groups in total. The average molecular weight is 749 g/mol. The Morgan fingerprint density at radius 2 is 0.741 bits per heavy atom. The van der Waals surface area contributed by atoms with Crippen LogP contribution in [0.4, 0.5) is 0 Å². The summed E-state index contributed by atoms with van der Waals surface area (Å²) >= 11 is 0. The minimum Gasteiger partial charge on any atom is -0.455 e. The van der Waals surface area contributed by atoms with Gasteiger partial charge in [0.05, 0.1) is 22.1 Å². The van der Waals surface area contributed by atoms with Gasteiger partial charge in [-0.2, -0.15) is 0 Å². The number of fused-ring (bicyclic) bond motifs is 8. The second kappa shape index (κ2) is 10.9. The average Bonchev–Trinajstić information content (AvgIpc) is 3.18. The van der Waals surface area contributed by atoms with E-state index in [2.05, 4.69) is 0 Å². The fraction of sp³-hybridized carbons (Fsp3) is 0. The molecule has 11 rings (SSSR count). The Morgan fingerprint density at radius 3 is 1.20 bits per heavy atom. The van der Waals surface area contributed by atoms with E-state index >= 15 is 0 Å². The van der Waals surface area contributed by atoms with Gasteiger partial charge in [0.2, 0.25) is 19.7 Å². The van der Waals surface area contributed by atoms with Crippen molar-refractivity contribution in [2.24, 2.45) is 0 Å². The molecule has 4 heterocycles. The van der Waals surface area contributed by atoms with E-state index in [1.165, 1.54) is 12.1 Å². The number of nitrogens with zero attached hydrogens (tertiary/aromatic N) is 2. The van der Waals surface area contributed by atoms with E-state index in [0.717, 1.165) is 0 Å². The Hall–Kier alpha value is -6.76. The van der Waals surface area contributed by atoms with Gasteiger partial charge in [-0.15, -0.1) is 0 Å². The zero-order chi connectivity index (χ0) is 36.3. The highest BCUT2D eigenvalue weighted by Gasteiger charge is 2.33. The fourth-order valence-corrected chi connectivity index (χ4v) is 10.4. The number of rotatable bonds is 2. The van der Waals surface area contributed by atoms with Gasteiger partial charge in [0, 0.05) is 23.5 Å². The molecule has 2 aliphatic rings. The third-order valence-electron chi connectivity index (χ3n) is 9.84. The number of hydrogen-bond acceptors (Lipinski definition) is 8. The number of benzene rings is 7. The minimum absolute atomic E-state index is 0.0486. The molecular weight excluding hydrogens is 725 g/mol. The molecule has 0 spiro atoms. The van der Waals surface area contributed by atoms with Gasteiger partial charge < -0.3 is 27.4 Å². The van der Waals surface area contributed by atoms with E-state index in [1.807, 2.05) is 81.9 Å². The Labute approximate surface area is 306 Å². The maximum atomic E-state index is 13.9. The predicted octanol–water partition coefficient (Wildman–Crippen LogP) is 10.1. The lowest BCUT2D eigenvalue weighted by atomic mass is 10.2. The molecule has 0 radical (unpaired) electrons. The summed E-state index contributed by atoms with van der Waals surface area (Å²) in [6.07, 6.45) is 0. The lowest BCUT2D eigenvalue weighted by Gasteiger charge is -2.23. The van der Waals surface area contributed by atoms with Crippen LogP contribution in [0.2, 0.25) is 0 Å². The highest BCUT2D eigenvalue weighted by molar-refractivity contribution is 7.92. The van der Waals surface area contributed by atoms with Crippen LogP contribution in [0.1, 0.15) is 0 Å². The van der Waals surface area contributed by atoms with Gasteiger partial charge in [0.15, 0.2) is 22.3 Å². The van der Waals surface area contributed by atoms with Crippen LogP contribution >= 0.6 is 0 Å². The lowest BCUT2D eigenvalue weighted by molar-refractivity contribution is 0.442. The van der Waals surface area contributed by atoms with Gasteiger partial charge >= 0.3 is 0 Å². The van der Waals surface area contributed by atoms with Crippen molar-refractivity contribution >= 4 is 64.1 Å². The van der Waals surface area contributed by atoms with E-state index in [9.17, 15) is 16.8 Å². The highest BCUT2D eigenvalue weighted by atomic mass is 32.2. The minimum atomic E-state index is -3.90. The Morgan fingerprint density at radius 1 is 0.352 bits per heavy atom. The molecular formula is C42H24N2O8S2. The molecule has 0 atom stereocenters. The van der Waals surface area contributed by atoms with E-state index in [4.69, 9.17) is 18.3 Å². The molecule has 0 saturated carbocycles. The molecule has 10 nitrogen and oxygen atoms in total. The number of sulfone groups is 2. The molecule has 262 valence electrons. The van der Waals surface area contributed by atoms with Crippen molar-refractivity contribution in [1.29, 1.82) is 0 Å². The number of para-hydroxylation sites is 6. The molecule has 0 bridgehead atoms. The van der Waals surface area contributed by atoms with Gasteiger partial charge in [0.25, 0.3) is 0 Å². The van der Waals surface area contributed by atoms with Crippen molar-refractivity contribution in [2.45, 2.75) is 19.6 Å². The van der Waals surface area contributed by atoms with Crippen LogP contribution in [0.3, 0.4) is 0 Å². The second-order valence-corrected chi connectivity index (χ2v) is 16.7. The lowest BCUT2D eigenvalue weighted by Crippen LogP contribution is -2.12. The molecule has 54 heavy (non-hydrogen) atoms. The normalized spacial score (nSPS) is 14.8. The number of hydrogen-bond donors (Lipinski definition) is 0. The predicted molar refractivity (Wildman–Crippen MR) is 201 cm³/mol. The first-order valence-electron chi connectivity index (χ1n) is 16.9. The first-order chi connectivity index (χ1) is 26.3. The summed E-state index contributed by atoms with van der Waals surface area (Å²) in [4.78, 5) is 0.300. The molecule has 0 fully saturated rings. The van der Waals surface area contributed by atoms with Gasteiger partial charge in [-0.1, -0.05) is 48.5 Å². The smallest absolute Gasteiger partial charge is 0.214 e. The maximum Gasteiger partial charge on any atom is 0.214 e. The van der Waals surface area contributed by atoms with Crippen LogP contribution in [-0.2, 0) is 19.7 Å². The number of ether oxygens (including phenoxy) is 2. The summed E-state index contributed by atoms with van der Waals surface area (Å²) in [5.41, 5.74) is 5.71. The van der Waals surface area contributed by atoms with Crippen molar-refractivity contribution in [3.8, 4) is 34.4 Å². The molecule has 0 saturated heterocycles. The molecule has 0 unspecified atom stereocenters. The summed E-state index contributed by atoms with van der Waals surface area (Å²) in [5, 5.41) is 0. The van der Waals surface area contributed by atoms with Crippen molar-refractivity contribution in [2.75, 3.05) is 0 Å². The van der Waals surface area contributed by atoms with Crippen LogP contribution in [0.15, 0.2) is 174 Å². The molecule has 7 aromatic carbocycles. The van der Waals surface area contributed by atoms with E-state index in [0.29, 0.717) is 55.8 Å². The van der Waals surface area contributed by atoms with Crippen LogP contribution in [0.25, 0.3) is 55.8 Å².